The number of nitrogens with one attached hydrogen (secondary N) is 1. The van der Waals surface area contributed by atoms with E-state index in [1.54, 1.807) is 6.07 Å². The van der Waals surface area contributed by atoms with Crippen LogP contribution in [0.3, 0.4) is 0 Å². The van der Waals surface area contributed by atoms with E-state index in [1.165, 1.54) is 4.31 Å². The van der Waals surface area contributed by atoms with Gasteiger partial charge in [-0.25, -0.2) is 0 Å². The SMILES string of the molecule is Cc1cccc(NS(=O)(=O)N2CC2)c1C. The minimum absolute atomic E-state index is 0.625. The fraction of sp³-hybridized carbons (Fsp3) is 0.400. The van der Waals surface area contributed by atoms with Gasteiger partial charge < -0.3 is 0 Å². The van der Waals surface area contributed by atoms with E-state index in [0.717, 1.165) is 11.1 Å². The molecule has 82 valence electrons. The lowest BCUT2D eigenvalue weighted by atomic mass is 10.1. The van der Waals surface area contributed by atoms with E-state index in [1.807, 2.05) is 26.0 Å². The molecule has 0 aliphatic carbocycles. The first kappa shape index (κ1) is 10.4. The zero-order valence-corrected chi connectivity index (χ0v) is 9.63. The van der Waals surface area contributed by atoms with Crippen LogP contribution in [0.1, 0.15) is 11.1 Å². The maximum absolute atomic E-state index is 11.6. The highest BCUT2D eigenvalue weighted by atomic mass is 32.2. The quantitative estimate of drug-likeness (QED) is 0.789. The number of hydrogen-bond donors (Lipinski definition) is 1. The van der Waals surface area contributed by atoms with Gasteiger partial charge in [-0.3, -0.25) is 4.72 Å². The number of nitrogens with zero attached hydrogens (tertiary/aromatic N) is 1. The van der Waals surface area contributed by atoms with E-state index in [0.29, 0.717) is 18.8 Å². The second kappa shape index (κ2) is 3.50. The first-order valence-corrected chi connectivity index (χ1v) is 6.29. The Balaban J connectivity index is 2.28. The highest BCUT2D eigenvalue weighted by Gasteiger charge is 2.31. The molecule has 1 N–H and O–H groups in total. The predicted molar refractivity (Wildman–Crippen MR) is 60.0 cm³/mol. The molecule has 0 amide bonds. The molecule has 1 aromatic rings. The van der Waals surface area contributed by atoms with Gasteiger partial charge in [0.15, 0.2) is 0 Å². The van der Waals surface area contributed by atoms with Crippen molar-refractivity contribution in [2.45, 2.75) is 13.8 Å². The number of aryl methyl sites for hydroxylation is 1. The molecule has 1 aliphatic heterocycles. The van der Waals surface area contributed by atoms with Gasteiger partial charge in [0, 0.05) is 13.1 Å². The van der Waals surface area contributed by atoms with Crippen molar-refractivity contribution in [3.63, 3.8) is 0 Å². The van der Waals surface area contributed by atoms with Crippen molar-refractivity contribution in [1.82, 2.24) is 4.31 Å². The summed E-state index contributed by atoms with van der Waals surface area (Å²) in [6.07, 6.45) is 0. The van der Waals surface area contributed by atoms with Crippen LogP contribution < -0.4 is 4.72 Å². The van der Waals surface area contributed by atoms with Gasteiger partial charge in [0.1, 0.15) is 0 Å². The minimum Gasteiger partial charge on any atom is -0.271 e. The molecule has 0 bridgehead atoms. The Morgan fingerprint density at radius 2 is 1.93 bits per heavy atom. The van der Waals surface area contributed by atoms with Gasteiger partial charge in [0.2, 0.25) is 0 Å². The molecule has 0 unspecified atom stereocenters. The van der Waals surface area contributed by atoms with Gasteiger partial charge in [-0.1, -0.05) is 12.1 Å². The summed E-state index contributed by atoms with van der Waals surface area (Å²) >= 11 is 0. The number of hydrogen-bond acceptors (Lipinski definition) is 2. The van der Waals surface area contributed by atoms with Gasteiger partial charge >= 0.3 is 10.2 Å². The van der Waals surface area contributed by atoms with E-state index in [9.17, 15) is 8.42 Å². The summed E-state index contributed by atoms with van der Waals surface area (Å²) in [5.41, 5.74) is 2.73. The van der Waals surface area contributed by atoms with Crippen LogP contribution in [0.5, 0.6) is 0 Å². The molecule has 0 atom stereocenters. The fourth-order valence-electron chi connectivity index (χ4n) is 1.35. The average Bonchev–Trinajstić information content (AvgIpc) is 2.95. The Labute approximate surface area is 90.1 Å². The summed E-state index contributed by atoms with van der Waals surface area (Å²) in [7, 11) is -3.30. The van der Waals surface area contributed by atoms with Crippen molar-refractivity contribution in [3.8, 4) is 0 Å². The van der Waals surface area contributed by atoms with E-state index in [4.69, 9.17) is 0 Å². The monoisotopic (exact) mass is 226 g/mol. The van der Waals surface area contributed by atoms with Crippen molar-refractivity contribution < 1.29 is 8.42 Å². The van der Waals surface area contributed by atoms with Crippen LogP contribution in [-0.4, -0.2) is 25.8 Å². The number of benzene rings is 1. The maximum Gasteiger partial charge on any atom is 0.301 e. The van der Waals surface area contributed by atoms with Crippen LogP contribution in [0.2, 0.25) is 0 Å². The predicted octanol–water partition coefficient (Wildman–Crippen LogP) is 1.28. The second-order valence-electron chi connectivity index (χ2n) is 3.75. The van der Waals surface area contributed by atoms with Crippen LogP contribution in [0, 0.1) is 13.8 Å². The largest absolute Gasteiger partial charge is 0.301 e. The molecule has 1 aliphatic rings. The Morgan fingerprint density at radius 3 is 2.53 bits per heavy atom. The van der Waals surface area contributed by atoms with Crippen LogP contribution in [0.15, 0.2) is 18.2 Å². The molecular formula is C10H14N2O2S. The molecule has 2 rings (SSSR count). The highest BCUT2D eigenvalue weighted by molar-refractivity contribution is 7.90. The lowest BCUT2D eigenvalue weighted by Crippen LogP contribution is -2.21. The van der Waals surface area contributed by atoms with Crippen molar-refractivity contribution >= 4 is 15.9 Å². The summed E-state index contributed by atoms with van der Waals surface area (Å²) in [5.74, 6) is 0. The minimum atomic E-state index is -3.30. The highest BCUT2D eigenvalue weighted by Crippen LogP contribution is 2.22. The zero-order valence-electron chi connectivity index (χ0n) is 8.82. The van der Waals surface area contributed by atoms with E-state index < -0.39 is 10.2 Å². The number of rotatable bonds is 3. The molecule has 1 aromatic carbocycles. The first-order valence-electron chi connectivity index (χ1n) is 4.85. The Morgan fingerprint density at radius 1 is 1.27 bits per heavy atom. The van der Waals surface area contributed by atoms with E-state index in [-0.39, 0.29) is 0 Å². The van der Waals surface area contributed by atoms with Crippen molar-refractivity contribution in [2.24, 2.45) is 0 Å². The van der Waals surface area contributed by atoms with Crippen LogP contribution >= 0.6 is 0 Å². The smallest absolute Gasteiger partial charge is 0.271 e. The molecule has 0 spiro atoms. The third-order valence-corrected chi connectivity index (χ3v) is 4.11. The summed E-state index contributed by atoms with van der Waals surface area (Å²) in [6.45, 7) is 5.13. The summed E-state index contributed by atoms with van der Waals surface area (Å²) in [6, 6.07) is 5.59. The zero-order chi connectivity index (χ0) is 11.1. The Hall–Kier alpha value is -1.07. The van der Waals surface area contributed by atoms with Crippen LogP contribution in [0.25, 0.3) is 0 Å². The van der Waals surface area contributed by atoms with Crippen molar-refractivity contribution in [2.75, 3.05) is 17.8 Å². The van der Waals surface area contributed by atoms with Gasteiger partial charge in [-0.05, 0) is 31.0 Å². The number of anilines is 1. The molecule has 4 nitrogen and oxygen atoms in total. The molecule has 0 aromatic heterocycles. The third-order valence-electron chi connectivity index (χ3n) is 2.59. The molecular weight excluding hydrogens is 212 g/mol. The lowest BCUT2D eigenvalue weighted by molar-refractivity contribution is 0.569. The van der Waals surface area contributed by atoms with Gasteiger partial charge in [0.25, 0.3) is 0 Å². The average molecular weight is 226 g/mol. The van der Waals surface area contributed by atoms with Gasteiger partial charge in [-0.15, -0.1) is 0 Å². The second-order valence-corrected chi connectivity index (χ2v) is 5.42. The topological polar surface area (TPSA) is 49.2 Å². The summed E-state index contributed by atoms with van der Waals surface area (Å²) in [5, 5.41) is 0. The molecule has 1 fully saturated rings. The van der Waals surface area contributed by atoms with Gasteiger partial charge in [-0.2, -0.15) is 12.7 Å². The third kappa shape index (κ3) is 2.13. The van der Waals surface area contributed by atoms with Crippen molar-refractivity contribution in [1.29, 1.82) is 0 Å². The van der Waals surface area contributed by atoms with Crippen LogP contribution in [-0.2, 0) is 10.2 Å². The molecule has 1 heterocycles. The molecule has 1 saturated heterocycles. The van der Waals surface area contributed by atoms with E-state index in [2.05, 4.69) is 4.72 Å². The Bertz CT molecular complexity index is 478. The summed E-state index contributed by atoms with van der Waals surface area (Å²) < 4.78 is 27.3. The first-order chi connectivity index (χ1) is 7.00. The Kier molecular flexibility index (Phi) is 2.44. The standard InChI is InChI=1S/C10H14N2O2S/c1-8-4-3-5-10(9(8)2)11-15(13,14)12-6-7-12/h3-5,11H,6-7H2,1-2H3. The summed E-state index contributed by atoms with van der Waals surface area (Å²) in [4.78, 5) is 0. The lowest BCUT2D eigenvalue weighted by Gasteiger charge is -2.11. The van der Waals surface area contributed by atoms with Crippen molar-refractivity contribution in [3.05, 3.63) is 29.3 Å². The van der Waals surface area contributed by atoms with Crippen LogP contribution in [0.4, 0.5) is 5.69 Å². The molecule has 5 heteroatoms. The van der Waals surface area contributed by atoms with Gasteiger partial charge in [0.05, 0.1) is 5.69 Å². The molecule has 0 saturated carbocycles. The fourth-order valence-corrected chi connectivity index (χ4v) is 2.54. The normalized spacial score (nSPS) is 16.4. The molecule has 0 radical (unpaired) electrons. The maximum atomic E-state index is 11.6. The van der Waals surface area contributed by atoms with E-state index >= 15 is 0 Å². The molecule has 15 heavy (non-hydrogen) atoms.